The van der Waals surface area contributed by atoms with E-state index in [0.717, 1.165) is 11.6 Å². The van der Waals surface area contributed by atoms with E-state index in [1.54, 1.807) is 55.6 Å². The lowest BCUT2D eigenvalue weighted by molar-refractivity contribution is -0.139. The van der Waals surface area contributed by atoms with Crippen LogP contribution in [-0.2, 0) is 11.2 Å². The number of aliphatic carboxylic acids is 1. The van der Waals surface area contributed by atoms with Crippen molar-refractivity contribution in [2.24, 2.45) is 0 Å². The van der Waals surface area contributed by atoms with Crippen molar-refractivity contribution < 1.29 is 19.1 Å². The first-order valence-corrected chi connectivity index (χ1v) is 11.0. The number of nitrogens with one attached hydrogen (secondary N) is 1. The van der Waals surface area contributed by atoms with Crippen molar-refractivity contribution in [3.8, 4) is 11.1 Å². The molecule has 1 amide bonds. The first-order chi connectivity index (χ1) is 16.8. The molecule has 1 atom stereocenters. The summed E-state index contributed by atoms with van der Waals surface area (Å²) in [6, 6.07) is 15.0. The summed E-state index contributed by atoms with van der Waals surface area (Å²) >= 11 is 6.42. The highest BCUT2D eigenvalue weighted by molar-refractivity contribution is 6.34. The van der Waals surface area contributed by atoms with Crippen molar-refractivity contribution in [2.45, 2.75) is 19.4 Å². The monoisotopic (exact) mass is 487 g/mol. The third-order valence-electron chi connectivity index (χ3n) is 5.71. The molecule has 0 fully saturated rings. The van der Waals surface area contributed by atoms with Crippen molar-refractivity contribution in [1.29, 1.82) is 0 Å². The molecule has 0 saturated carbocycles. The van der Waals surface area contributed by atoms with Crippen LogP contribution in [-0.4, -0.2) is 28.0 Å². The van der Waals surface area contributed by atoms with Crippen LogP contribution in [0.1, 0.15) is 21.5 Å². The lowest BCUT2D eigenvalue weighted by Crippen LogP contribution is -2.42. The van der Waals surface area contributed by atoms with Crippen LogP contribution in [0.2, 0.25) is 5.02 Å². The van der Waals surface area contributed by atoms with Crippen molar-refractivity contribution in [2.75, 3.05) is 0 Å². The molecule has 0 aliphatic heterocycles. The maximum absolute atomic E-state index is 14.2. The Balaban J connectivity index is 1.71. The van der Waals surface area contributed by atoms with Gasteiger partial charge in [0, 0.05) is 28.6 Å². The van der Waals surface area contributed by atoms with Gasteiger partial charge in [0.15, 0.2) is 5.69 Å². The number of pyridine rings is 1. The van der Waals surface area contributed by atoms with E-state index < -0.39 is 23.7 Å². The number of carbonyl (C=O) groups is 2. The first-order valence-electron chi connectivity index (χ1n) is 10.6. The molecule has 0 saturated heterocycles. The predicted molar refractivity (Wildman–Crippen MR) is 132 cm³/mol. The zero-order valence-electron chi connectivity index (χ0n) is 18.5. The van der Waals surface area contributed by atoms with Crippen molar-refractivity contribution in [1.82, 2.24) is 10.3 Å². The molecule has 1 aromatic heterocycles. The number of benzene rings is 3. The molecule has 35 heavy (non-hydrogen) atoms. The second-order valence-corrected chi connectivity index (χ2v) is 8.36. The average Bonchev–Trinajstić information content (AvgIpc) is 2.83. The Hall–Kier alpha value is -4.28. The molecule has 0 aliphatic rings. The largest absolute Gasteiger partial charge is 0.480 e. The summed E-state index contributed by atoms with van der Waals surface area (Å²) in [5, 5.41) is 13.3. The summed E-state index contributed by atoms with van der Waals surface area (Å²) in [5.41, 5.74) is 3.30. The summed E-state index contributed by atoms with van der Waals surface area (Å²) in [6.07, 6.45) is 1.58. The fourth-order valence-corrected chi connectivity index (χ4v) is 4.27. The van der Waals surface area contributed by atoms with Gasteiger partial charge in [-0.3, -0.25) is 9.78 Å². The van der Waals surface area contributed by atoms with E-state index in [0.29, 0.717) is 38.3 Å². The lowest BCUT2D eigenvalue weighted by Gasteiger charge is -2.18. The fraction of sp³-hybridized carbons (Fsp3) is 0.111. The second-order valence-electron chi connectivity index (χ2n) is 7.95. The van der Waals surface area contributed by atoms with E-state index in [2.05, 4.69) is 15.1 Å². The molecule has 0 unspecified atom stereocenters. The van der Waals surface area contributed by atoms with Crippen LogP contribution in [0.5, 0.6) is 0 Å². The molecule has 2 N–H and O–H groups in total. The highest BCUT2D eigenvalue weighted by Gasteiger charge is 2.25. The van der Waals surface area contributed by atoms with Crippen molar-refractivity contribution in [3.63, 3.8) is 0 Å². The van der Waals surface area contributed by atoms with E-state index in [1.165, 1.54) is 6.07 Å². The topological polar surface area (TPSA) is 83.7 Å². The van der Waals surface area contributed by atoms with E-state index >= 15 is 0 Å². The quantitative estimate of drug-likeness (QED) is 0.328. The summed E-state index contributed by atoms with van der Waals surface area (Å²) in [5.74, 6) is -2.75. The standard InChI is InChI=1S/C27H19ClFN3O3/c1-15-5-3-7-22(29)24(15)26(33)32-23(27(34)35)13-16-8-10-20(25-18(16)6-4-12-31-25)19-11-9-17(30-2)14-21(19)28/h3-12,14,23H,13H2,1H3,(H,32,33)(H,34,35)/t23-/m0/s1. The number of rotatable bonds is 6. The van der Waals surface area contributed by atoms with Gasteiger partial charge in [-0.25, -0.2) is 14.0 Å². The van der Waals surface area contributed by atoms with Gasteiger partial charge in [0.25, 0.3) is 5.91 Å². The van der Waals surface area contributed by atoms with Crippen LogP contribution < -0.4 is 5.32 Å². The zero-order chi connectivity index (χ0) is 25.1. The number of aromatic nitrogens is 1. The van der Waals surface area contributed by atoms with Crippen LogP contribution in [0.15, 0.2) is 66.9 Å². The van der Waals surface area contributed by atoms with Gasteiger partial charge >= 0.3 is 5.97 Å². The van der Waals surface area contributed by atoms with Crippen LogP contribution in [0.4, 0.5) is 10.1 Å². The van der Waals surface area contributed by atoms with Gasteiger partial charge in [0.05, 0.1) is 17.7 Å². The SMILES string of the molecule is [C-]#[N+]c1ccc(-c2ccc(C[C@H](NC(=O)c3c(C)cccc3F)C(=O)O)c3cccnc23)c(Cl)c1. The Morgan fingerprint density at radius 2 is 1.91 bits per heavy atom. The maximum atomic E-state index is 14.2. The Bertz CT molecular complexity index is 1490. The minimum Gasteiger partial charge on any atom is -0.480 e. The molecule has 0 bridgehead atoms. The zero-order valence-corrected chi connectivity index (χ0v) is 19.3. The number of amides is 1. The summed E-state index contributed by atoms with van der Waals surface area (Å²) < 4.78 is 14.2. The predicted octanol–water partition coefficient (Wildman–Crippen LogP) is 5.98. The normalized spacial score (nSPS) is 11.6. The fourth-order valence-electron chi connectivity index (χ4n) is 3.99. The summed E-state index contributed by atoms with van der Waals surface area (Å²) in [4.78, 5) is 32.6. The Labute approximate surface area is 205 Å². The first kappa shape index (κ1) is 23.9. The van der Waals surface area contributed by atoms with Crippen LogP contribution >= 0.6 is 11.6 Å². The average molecular weight is 488 g/mol. The minimum absolute atomic E-state index is 0.0402. The van der Waals surface area contributed by atoms with Gasteiger partial charge < -0.3 is 10.4 Å². The molecule has 4 aromatic rings. The number of nitrogens with zero attached hydrogens (tertiary/aromatic N) is 2. The molecule has 0 spiro atoms. The third-order valence-corrected chi connectivity index (χ3v) is 6.02. The van der Waals surface area contributed by atoms with Gasteiger partial charge in [-0.1, -0.05) is 54.1 Å². The summed E-state index contributed by atoms with van der Waals surface area (Å²) in [7, 11) is 0. The van der Waals surface area contributed by atoms with E-state index in [-0.39, 0.29) is 12.0 Å². The second kappa shape index (κ2) is 9.92. The third kappa shape index (κ3) is 4.84. The van der Waals surface area contributed by atoms with Crippen molar-refractivity contribution >= 4 is 40.1 Å². The number of hydrogen-bond donors (Lipinski definition) is 2. The Morgan fingerprint density at radius 3 is 2.60 bits per heavy atom. The molecule has 0 radical (unpaired) electrons. The van der Waals surface area contributed by atoms with Gasteiger partial charge in [0.2, 0.25) is 0 Å². The number of halogens is 2. The maximum Gasteiger partial charge on any atom is 0.326 e. The van der Waals surface area contributed by atoms with E-state index in [9.17, 15) is 19.1 Å². The number of fused-ring (bicyclic) bond motifs is 1. The number of carboxylic acid groups (broad SMARTS) is 1. The molecule has 1 heterocycles. The van der Waals surface area contributed by atoms with Gasteiger partial charge in [-0.15, -0.1) is 0 Å². The molecule has 6 nitrogen and oxygen atoms in total. The highest BCUT2D eigenvalue weighted by Crippen LogP contribution is 2.36. The van der Waals surface area contributed by atoms with Gasteiger partial charge in [-0.05, 0) is 41.8 Å². The van der Waals surface area contributed by atoms with Gasteiger partial charge in [0.1, 0.15) is 11.9 Å². The van der Waals surface area contributed by atoms with E-state index in [1.807, 2.05) is 6.07 Å². The molecule has 8 heteroatoms. The number of carbonyl (C=O) groups excluding carboxylic acids is 1. The molecular formula is C27H19ClFN3O3. The Morgan fingerprint density at radius 1 is 1.14 bits per heavy atom. The van der Waals surface area contributed by atoms with Crippen LogP contribution in [0.3, 0.4) is 0 Å². The molecular weight excluding hydrogens is 469 g/mol. The number of hydrogen-bond acceptors (Lipinski definition) is 3. The van der Waals surface area contributed by atoms with E-state index in [4.69, 9.17) is 18.2 Å². The van der Waals surface area contributed by atoms with Gasteiger partial charge in [-0.2, -0.15) is 0 Å². The van der Waals surface area contributed by atoms with Crippen LogP contribution in [0.25, 0.3) is 26.9 Å². The summed E-state index contributed by atoms with van der Waals surface area (Å²) in [6.45, 7) is 8.74. The minimum atomic E-state index is -1.29. The molecule has 3 aromatic carbocycles. The molecule has 0 aliphatic carbocycles. The van der Waals surface area contributed by atoms with Crippen LogP contribution in [0, 0.1) is 19.3 Å². The highest BCUT2D eigenvalue weighted by atomic mass is 35.5. The molecule has 174 valence electrons. The van der Waals surface area contributed by atoms with Crippen molar-refractivity contribution in [3.05, 3.63) is 106 Å². The lowest BCUT2D eigenvalue weighted by atomic mass is 9.95. The molecule has 4 rings (SSSR count). The number of aryl methyl sites for hydroxylation is 1. The smallest absolute Gasteiger partial charge is 0.326 e. The number of carboxylic acids is 1. The Kier molecular flexibility index (Phi) is 6.76.